The number of anilines is 1. The first-order valence-corrected chi connectivity index (χ1v) is 11.6. The third-order valence-corrected chi connectivity index (χ3v) is 6.20. The third-order valence-electron chi connectivity index (χ3n) is 6.20. The first-order chi connectivity index (χ1) is 16.1. The van der Waals surface area contributed by atoms with Gasteiger partial charge in [-0.3, -0.25) is 0 Å². The van der Waals surface area contributed by atoms with Crippen LogP contribution in [0.3, 0.4) is 0 Å². The monoisotopic (exact) mass is 445 g/mol. The molecule has 6 heteroatoms. The fourth-order valence-electron chi connectivity index (χ4n) is 4.07. The Hall–Kier alpha value is -3.41. The zero-order valence-electron chi connectivity index (χ0n) is 19.5. The van der Waals surface area contributed by atoms with Crippen LogP contribution in [0.15, 0.2) is 60.9 Å². The topological polar surface area (TPSA) is 64.6 Å². The Morgan fingerprint density at radius 3 is 2.21 bits per heavy atom. The number of carbonyl (C=O) groups is 1. The van der Waals surface area contributed by atoms with Gasteiger partial charge in [0, 0.05) is 31.4 Å². The van der Waals surface area contributed by atoms with Crippen LogP contribution >= 0.6 is 0 Å². The molecule has 2 aromatic carbocycles. The van der Waals surface area contributed by atoms with Gasteiger partial charge in [0.05, 0.1) is 18.8 Å². The van der Waals surface area contributed by atoms with Gasteiger partial charge in [0.1, 0.15) is 5.75 Å². The second-order valence-corrected chi connectivity index (χ2v) is 8.52. The number of nitrogens with zero attached hydrogens (tertiary/aromatic N) is 3. The first kappa shape index (κ1) is 22.8. The molecule has 0 aliphatic carbocycles. The summed E-state index contributed by atoms with van der Waals surface area (Å²) in [5.41, 5.74) is 3.84. The van der Waals surface area contributed by atoms with Gasteiger partial charge in [-0.15, -0.1) is 0 Å². The van der Waals surface area contributed by atoms with Crippen molar-refractivity contribution in [3.05, 3.63) is 72.1 Å². The molecule has 3 aromatic rings. The number of esters is 1. The van der Waals surface area contributed by atoms with Crippen LogP contribution in [0.4, 0.5) is 5.95 Å². The molecular weight excluding hydrogens is 414 g/mol. The van der Waals surface area contributed by atoms with Crippen LogP contribution < -0.4 is 9.64 Å². The number of ether oxygens (including phenoxy) is 2. The molecule has 1 saturated heterocycles. The number of hydrogen-bond donors (Lipinski definition) is 0. The molecule has 0 amide bonds. The van der Waals surface area contributed by atoms with E-state index in [-0.39, 0.29) is 5.97 Å². The molecule has 1 aliphatic rings. The van der Waals surface area contributed by atoms with E-state index in [2.05, 4.69) is 28.7 Å². The summed E-state index contributed by atoms with van der Waals surface area (Å²) in [6.45, 7) is 9.06. The Labute approximate surface area is 195 Å². The van der Waals surface area contributed by atoms with Gasteiger partial charge in [0.2, 0.25) is 5.95 Å². The molecule has 1 aliphatic heterocycles. The second-order valence-electron chi connectivity index (χ2n) is 8.52. The summed E-state index contributed by atoms with van der Waals surface area (Å²) in [4.78, 5) is 23.1. The van der Waals surface area contributed by atoms with Crippen LogP contribution in [0, 0.1) is 11.8 Å². The van der Waals surface area contributed by atoms with Gasteiger partial charge in [-0.05, 0) is 60.2 Å². The van der Waals surface area contributed by atoms with Crippen LogP contribution in [0.5, 0.6) is 5.75 Å². The number of aryl methyl sites for hydroxylation is 1. The fourth-order valence-corrected chi connectivity index (χ4v) is 4.07. The van der Waals surface area contributed by atoms with Crippen molar-refractivity contribution in [2.24, 2.45) is 11.8 Å². The number of benzene rings is 2. The van der Waals surface area contributed by atoms with Crippen LogP contribution in [0.25, 0.3) is 11.1 Å². The van der Waals surface area contributed by atoms with Gasteiger partial charge in [0.15, 0.2) is 0 Å². The first-order valence-electron chi connectivity index (χ1n) is 11.6. The van der Waals surface area contributed by atoms with Crippen LogP contribution in [0.1, 0.15) is 36.7 Å². The van der Waals surface area contributed by atoms with E-state index in [4.69, 9.17) is 9.47 Å². The van der Waals surface area contributed by atoms with Crippen molar-refractivity contribution < 1.29 is 14.3 Å². The summed E-state index contributed by atoms with van der Waals surface area (Å²) in [7, 11) is 0. The van der Waals surface area contributed by atoms with Gasteiger partial charge in [-0.1, -0.05) is 38.1 Å². The molecule has 2 unspecified atom stereocenters. The lowest BCUT2D eigenvalue weighted by atomic mass is 9.99. The molecule has 2 heterocycles. The average molecular weight is 446 g/mol. The number of hydrogen-bond acceptors (Lipinski definition) is 6. The minimum absolute atomic E-state index is 0.294. The van der Waals surface area contributed by atoms with Crippen molar-refractivity contribution in [3.63, 3.8) is 0 Å². The molecule has 0 N–H and O–H groups in total. The highest BCUT2D eigenvalue weighted by molar-refractivity contribution is 5.90. The molecule has 1 fully saturated rings. The maximum absolute atomic E-state index is 11.8. The third kappa shape index (κ3) is 5.51. The predicted octanol–water partition coefficient (Wildman–Crippen LogP) is 5.03. The molecule has 0 spiro atoms. The Morgan fingerprint density at radius 1 is 0.970 bits per heavy atom. The van der Waals surface area contributed by atoms with Crippen LogP contribution in [-0.2, 0) is 11.2 Å². The molecule has 0 radical (unpaired) electrons. The quantitative estimate of drug-likeness (QED) is 0.453. The highest BCUT2D eigenvalue weighted by Crippen LogP contribution is 2.28. The normalized spacial score (nSPS) is 17.7. The molecule has 4 rings (SSSR count). The highest BCUT2D eigenvalue weighted by atomic mass is 16.5. The Kier molecular flexibility index (Phi) is 7.23. The molecule has 0 saturated carbocycles. The largest absolute Gasteiger partial charge is 0.493 e. The SMILES string of the molecule is CCOC(=O)c1ccc(-c2ccc(OCC3CN(c4ncc(CC)cn4)CC3C)cc2)cc1. The minimum atomic E-state index is -0.294. The van der Waals surface area contributed by atoms with E-state index in [0.717, 1.165) is 47.9 Å². The van der Waals surface area contributed by atoms with E-state index < -0.39 is 0 Å². The molecule has 1 aromatic heterocycles. The summed E-state index contributed by atoms with van der Waals surface area (Å²) in [6.07, 6.45) is 4.79. The maximum atomic E-state index is 11.8. The van der Waals surface area contributed by atoms with Gasteiger partial charge in [0.25, 0.3) is 0 Å². The summed E-state index contributed by atoms with van der Waals surface area (Å²) < 4.78 is 11.2. The van der Waals surface area contributed by atoms with Gasteiger partial charge >= 0.3 is 5.97 Å². The molecular formula is C27H31N3O3. The van der Waals surface area contributed by atoms with Crippen molar-refractivity contribution in [1.29, 1.82) is 0 Å². The summed E-state index contributed by atoms with van der Waals surface area (Å²) in [5.74, 6) is 2.30. The van der Waals surface area contributed by atoms with Crippen LogP contribution in [0.2, 0.25) is 0 Å². The fraction of sp³-hybridized carbons (Fsp3) is 0.370. The van der Waals surface area contributed by atoms with E-state index in [1.54, 1.807) is 19.1 Å². The summed E-state index contributed by atoms with van der Waals surface area (Å²) in [6, 6.07) is 15.6. The van der Waals surface area contributed by atoms with E-state index >= 15 is 0 Å². The average Bonchev–Trinajstić information content (AvgIpc) is 3.23. The molecule has 172 valence electrons. The van der Waals surface area contributed by atoms with E-state index in [9.17, 15) is 4.79 Å². The molecule has 2 atom stereocenters. The highest BCUT2D eigenvalue weighted by Gasteiger charge is 2.31. The number of rotatable bonds is 8. The minimum Gasteiger partial charge on any atom is -0.493 e. The van der Waals surface area contributed by atoms with Gasteiger partial charge in [-0.25, -0.2) is 14.8 Å². The molecule has 33 heavy (non-hydrogen) atoms. The zero-order chi connectivity index (χ0) is 23.2. The zero-order valence-corrected chi connectivity index (χ0v) is 19.5. The summed E-state index contributed by atoms with van der Waals surface area (Å²) in [5, 5.41) is 0. The van der Waals surface area contributed by atoms with E-state index in [1.165, 1.54) is 0 Å². The van der Waals surface area contributed by atoms with Crippen molar-refractivity contribution in [2.75, 3.05) is 31.2 Å². The number of carbonyl (C=O) groups excluding carboxylic acids is 1. The van der Waals surface area contributed by atoms with E-state index in [1.807, 2.05) is 48.8 Å². The predicted molar refractivity (Wildman–Crippen MR) is 130 cm³/mol. The Bertz CT molecular complexity index is 1050. The maximum Gasteiger partial charge on any atom is 0.338 e. The smallest absolute Gasteiger partial charge is 0.338 e. The lowest BCUT2D eigenvalue weighted by Gasteiger charge is -2.17. The van der Waals surface area contributed by atoms with E-state index in [0.29, 0.717) is 30.6 Å². The van der Waals surface area contributed by atoms with Gasteiger partial charge < -0.3 is 14.4 Å². The lowest BCUT2D eigenvalue weighted by Crippen LogP contribution is -2.23. The van der Waals surface area contributed by atoms with Crippen molar-refractivity contribution in [3.8, 4) is 16.9 Å². The Morgan fingerprint density at radius 2 is 1.61 bits per heavy atom. The molecule has 6 nitrogen and oxygen atoms in total. The van der Waals surface area contributed by atoms with Crippen molar-refractivity contribution in [1.82, 2.24) is 9.97 Å². The molecule has 0 bridgehead atoms. The van der Waals surface area contributed by atoms with Crippen molar-refractivity contribution >= 4 is 11.9 Å². The number of aromatic nitrogens is 2. The summed E-state index contributed by atoms with van der Waals surface area (Å²) >= 11 is 0. The van der Waals surface area contributed by atoms with Gasteiger partial charge in [-0.2, -0.15) is 0 Å². The standard InChI is InChI=1S/C27H31N3O3/c1-4-20-14-28-27(29-15-20)30-16-19(3)24(17-30)18-33-25-12-10-22(11-13-25)21-6-8-23(9-7-21)26(31)32-5-2/h6-15,19,24H,4-5,16-18H2,1-3H3. The Balaban J connectivity index is 1.32. The van der Waals surface area contributed by atoms with Crippen LogP contribution in [-0.4, -0.2) is 42.2 Å². The lowest BCUT2D eigenvalue weighted by molar-refractivity contribution is 0.0526. The second kappa shape index (κ2) is 10.5. The van der Waals surface area contributed by atoms with Crippen molar-refractivity contribution in [2.45, 2.75) is 27.2 Å².